The van der Waals surface area contributed by atoms with Crippen molar-refractivity contribution in [2.24, 2.45) is 0 Å². The van der Waals surface area contributed by atoms with Crippen molar-refractivity contribution in [1.82, 2.24) is 14.3 Å². The molecule has 0 spiro atoms. The minimum atomic E-state index is -0.377. The van der Waals surface area contributed by atoms with Gasteiger partial charge in [-0.2, -0.15) is 9.78 Å². The van der Waals surface area contributed by atoms with E-state index in [0.717, 1.165) is 0 Å². The molecule has 106 valence electrons. The highest BCUT2D eigenvalue weighted by Crippen LogP contribution is 2.12. The first-order valence-electron chi connectivity index (χ1n) is 6.05. The topological polar surface area (TPSA) is 66.1 Å². The molecule has 7 heteroatoms. The molecular formula is C13H14ClN3O3. The summed E-state index contributed by atoms with van der Waals surface area (Å²) in [6, 6.07) is 6.87. The van der Waals surface area contributed by atoms with E-state index in [4.69, 9.17) is 16.3 Å². The highest BCUT2D eigenvalue weighted by Gasteiger charge is 2.11. The first-order chi connectivity index (χ1) is 9.49. The van der Waals surface area contributed by atoms with Gasteiger partial charge in [-0.25, -0.2) is 4.79 Å². The molecular weight excluding hydrogens is 282 g/mol. The summed E-state index contributed by atoms with van der Waals surface area (Å²) in [6.07, 6.45) is 0. The minimum absolute atomic E-state index is 0.136. The van der Waals surface area contributed by atoms with Crippen LogP contribution in [0, 0.1) is 6.92 Å². The normalized spacial score (nSPS) is 10.6. The molecule has 0 radical (unpaired) electrons. The summed E-state index contributed by atoms with van der Waals surface area (Å²) in [5.41, 5.74) is 0.300. The molecule has 1 heterocycles. The smallest absolute Gasteiger partial charge is 0.350 e. The van der Waals surface area contributed by atoms with Gasteiger partial charge in [-0.05, 0) is 25.1 Å². The highest BCUT2D eigenvalue weighted by molar-refractivity contribution is 6.30. The van der Waals surface area contributed by atoms with Crippen LogP contribution in [0.2, 0.25) is 5.02 Å². The molecule has 0 aliphatic rings. The van der Waals surface area contributed by atoms with Gasteiger partial charge in [0.05, 0.1) is 12.2 Å². The number of rotatable bonds is 4. The molecule has 20 heavy (non-hydrogen) atoms. The van der Waals surface area contributed by atoms with Crippen molar-refractivity contribution in [2.45, 2.75) is 20.4 Å². The monoisotopic (exact) mass is 295 g/mol. The van der Waals surface area contributed by atoms with Crippen LogP contribution >= 0.6 is 11.6 Å². The third-order valence-corrected chi connectivity index (χ3v) is 2.96. The summed E-state index contributed by atoms with van der Waals surface area (Å²) in [6.45, 7) is 3.45. The lowest BCUT2D eigenvalue weighted by atomic mass is 10.3. The zero-order valence-electron chi connectivity index (χ0n) is 11.2. The molecule has 0 N–H and O–H groups in total. The number of aryl methyl sites for hydroxylation is 1. The van der Waals surface area contributed by atoms with Gasteiger partial charge in [0.25, 0.3) is 0 Å². The van der Waals surface area contributed by atoms with Crippen LogP contribution in [0.15, 0.2) is 29.1 Å². The van der Waals surface area contributed by atoms with Gasteiger partial charge in [-0.1, -0.05) is 17.7 Å². The number of ether oxygens (including phenoxy) is 1. The lowest BCUT2D eigenvalue weighted by molar-refractivity contribution is -0.141. The number of hydrogen-bond acceptors (Lipinski definition) is 4. The minimum Gasteiger partial charge on any atom is -0.464 e. The molecule has 0 saturated heterocycles. The lowest BCUT2D eigenvalue weighted by Gasteiger charge is -2.03. The van der Waals surface area contributed by atoms with E-state index in [1.807, 2.05) is 0 Å². The molecule has 0 fully saturated rings. The summed E-state index contributed by atoms with van der Waals surface area (Å²) < 4.78 is 7.55. The van der Waals surface area contributed by atoms with Gasteiger partial charge < -0.3 is 4.74 Å². The molecule has 0 bridgehead atoms. The zero-order chi connectivity index (χ0) is 14.7. The number of carbonyl (C=O) groups excluding carboxylic acids is 1. The van der Waals surface area contributed by atoms with E-state index in [-0.39, 0.29) is 24.8 Å². The maximum Gasteiger partial charge on any atom is 0.350 e. The Hall–Kier alpha value is -2.08. The second kappa shape index (κ2) is 5.92. The molecule has 2 rings (SSSR count). The molecule has 0 amide bonds. The van der Waals surface area contributed by atoms with Crippen molar-refractivity contribution in [3.05, 3.63) is 45.6 Å². The Labute approximate surface area is 120 Å². The van der Waals surface area contributed by atoms with Crippen molar-refractivity contribution in [1.29, 1.82) is 0 Å². The number of benzene rings is 1. The first-order valence-corrected chi connectivity index (χ1v) is 6.42. The first kappa shape index (κ1) is 14.3. The van der Waals surface area contributed by atoms with Crippen LogP contribution in [0.1, 0.15) is 12.7 Å². The van der Waals surface area contributed by atoms with Gasteiger partial charge in [-0.15, -0.1) is 0 Å². The molecule has 2 aromatic rings. The second-order valence-electron chi connectivity index (χ2n) is 4.21. The predicted octanol–water partition coefficient (Wildman–Crippen LogP) is 1.56. The van der Waals surface area contributed by atoms with E-state index < -0.39 is 0 Å². The van der Waals surface area contributed by atoms with Gasteiger partial charge in [0.2, 0.25) is 0 Å². The van der Waals surface area contributed by atoms with E-state index in [2.05, 4.69) is 5.10 Å². The zero-order valence-corrected chi connectivity index (χ0v) is 11.9. The summed E-state index contributed by atoms with van der Waals surface area (Å²) >= 11 is 5.90. The number of esters is 1. The fourth-order valence-corrected chi connectivity index (χ4v) is 1.99. The van der Waals surface area contributed by atoms with Crippen LogP contribution in [-0.2, 0) is 16.1 Å². The van der Waals surface area contributed by atoms with Gasteiger partial charge >= 0.3 is 11.7 Å². The Bertz CT molecular complexity index is 690. The predicted molar refractivity (Wildman–Crippen MR) is 74.2 cm³/mol. The van der Waals surface area contributed by atoms with Crippen molar-refractivity contribution < 1.29 is 9.53 Å². The standard InChI is InChI=1S/C13H14ClN3O3/c1-9-15-17(12-5-3-4-11(14)8-12)13(19)16(9)6-7-20-10(2)18/h3-5,8H,6-7H2,1-2H3. The Kier molecular flexibility index (Phi) is 4.24. The quantitative estimate of drug-likeness (QED) is 0.803. The third kappa shape index (κ3) is 3.08. The van der Waals surface area contributed by atoms with Crippen LogP contribution < -0.4 is 5.69 Å². The van der Waals surface area contributed by atoms with Gasteiger partial charge in [0, 0.05) is 11.9 Å². The van der Waals surface area contributed by atoms with Crippen molar-refractivity contribution in [2.75, 3.05) is 6.61 Å². The summed E-state index contributed by atoms with van der Waals surface area (Å²) in [5.74, 6) is 0.167. The summed E-state index contributed by atoms with van der Waals surface area (Å²) in [4.78, 5) is 23.0. The number of nitrogens with zero attached hydrogens (tertiary/aromatic N) is 3. The van der Waals surface area contributed by atoms with Crippen molar-refractivity contribution in [3.8, 4) is 5.69 Å². The van der Waals surface area contributed by atoms with E-state index in [1.54, 1.807) is 31.2 Å². The van der Waals surface area contributed by atoms with Gasteiger partial charge in [0.1, 0.15) is 12.4 Å². The highest BCUT2D eigenvalue weighted by atomic mass is 35.5. The van der Waals surface area contributed by atoms with Crippen LogP contribution in [-0.4, -0.2) is 26.9 Å². The van der Waals surface area contributed by atoms with Crippen LogP contribution in [0.25, 0.3) is 5.69 Å². The Balaban J connectivity index is 2.29. The average molecular weight is 296 g/mol. The maximum absolute atomic E-state index is 12.3. The van der Waals surface area contributed by atoms with E-state index >= 15 is 0 Å². The molecule has 0 aliphatic heterocycles. The van der Waals surface area contributed by atoms with E-state index in [0.29, 0.717) is 16.5 Å². The molecule has 1 aromatic carbocycles. The van der Waals surface area contributed by atoms with Gasteiger partial charge in [-0.3, -0.25) is 9.36 Å². The van der Waals surface area contributed by atoms with Gasteiger partial charge in [0.15, 0.2) is 0 Å². The fraction of sp³-hybridized carbons (Fsp3) is 0.308. The molecule has 0 saturated carbocycles. The Morgan fingerprint density at radius 2 is 2.20 bits per heavy atom. The van der Waals surface area contributed by atoms with E-state index in [1.165, 1.54) is 16.2 Å². The molecule has 0 unspecified atom stereocenters. The number of carbonyl (C=O) groups is 1. The molecule has 0 atom stereocenters. The Morgan fingerprint density at radius 1 is 1.45 bits per heavy atom. The number of aromatic nitrogens is 3. The number of halogens is 1. The number of hydrogen-bond donors (Lipinski definition) is 0. The van der Waals surface area contributed by atoms with E-state index in [9.17, 15) is 9.59 Å². The third-order valence-electron chi connectivity index (χ3n) is 2.72. The SMILES string of the molecule is CC(=O)OCCn1c(C)nn(-c2cccc(Cl)c2)c1=O. The Morgan fingerprint density at radius 3 is 2.85 bits per heavy atom. The second-order valence-corrected chi connectivity index (χ2v) is 4.65. The fourth-order valence-electron chi connectivity index (χ4n) is 1.81. The largest absolute Gasteiger partial charge is 0.464 e. The maximum atomic E-state index is 12.3. The average Bonchev–Trinajstić information content (AvgIpc) is 2.66. The summed E-state index contributed by atoms with van der Waals surface area (Å²) in [7, 11) is 0. The summed E-state index contributed by atoms with van der Waals surface area (Å²) in [5, 5.41) is 4.72. The molecule has 6 nitrogen and oxygen atoms in total. The molecule has 1 aromatic heterocycles. The van der Waals surface area contributed by atoms with Crippen molar-refractivity contribution in [3.63, 3.8) is 0 Å². The van der Waals surface area contributed by atoms with Crippen LogP contribution in [0.5, 0.6) is 0 Å². The molecule has 0 aliphatic carbocycles. The lowest BCUT2D eigenvalue weighted by Crippen LogP contribution is -2.26. The van der Waals surface area contributed by atoms with Crippen molar-refractivity contribution >= 4 is 17.6 Å². The van der Waals surface area contributed by atoms with Crippen LogP contribution in [0.3, 0.4) is 0 Å². The van der Waals surface area contributed by atoms with Crippen LogP contribution in [0.4, 0.5) is 0 Å².